The first-order valence-corrected chi connectivity index (χ1v) is 14.8. The van der Waals surface area contributed by atoms with Crippen LogP contribution >= 0.6 is 0 Å². The van der Waals surface area contributed by atoms with Crippen LogP contribution in [0.5, 0.6) is 0 Å². The van der Waals surface area contributed by atoms with E-state index in [0.29, 0.717) is 3.58 Å². The predicted octanol–water partition coefficient (Wildman–Crippen LogP) is 7.73. The number of fused-ring (bicyclic) bond motifs is 2. The molecule has 4 rings (SSSR count). The van der Waals surface area contributed by atoms with Gasteiger partial charge in [-0.25, -0.2) is 0 Å². The second-order valence-electron chi connectivity index (χ2n) is 8.75. The van der Waals surface area contributed by atoms with Crippen molar-refractivity contribution in [3.63, 3.8) is 0 Å². The fourth-order valence-electron chi connectivity index (χ4n) is 4.14. The summed E-state index contributed by atoms with van der Waals surface area (Å²) in [5, 5.41) is 10.2. The third-order valence-electron chi connectivity index (χ3n) is 6.50. The van der Waals surface area contributed by atoms with E-state index in [9.17, 15) is 27.5 Å². The van der Waals surface area contributed by atoms with E-state index in [1.54, 1.807) is 0 Å². The Bertz CT molecular complexity index is 1430. The predicted molar refractivity (Wildman–Crippen MR) is 142 cm³/mol. The third kappa shape index (κ3) is 7.35. The summed E-state index contributed by atoms with van der Waals surface area (Å²) in [5.41, 5.74) is -0.493. The second kappa shape index (κ2) is 15.0. The SMILES string of the molecule is CCC(CC)C(=O)/C=C(\O)C(CC)CC.Fc1c(F)c(F)c2c(-c3[c-]c4ccccc4[te]3)ncnc2c1F.[Ir]. The average Bonchev–Trinajstić information content (AvgIpc) is 3.36. The van der Waals surface area contributed by atoms with Crippen molar-refractivity contribution in [2.75, 3.05) is 0 Å². The van der Waals surface area contributed by atoms with Crippen LogP contribution in [0.2, 0.25) is 0 Å². The number of allylic oxidation sites excluding steroid dienone is 2. The van der Waals surface area contributed by atoms with Gasteiger partial charge in [0.25, 0.3) is 0 Å². The minimum Gasteiger partial charge on any atom is 0 e. The van der Waals surface area contributed by atoms with Gasteiger partial charge in [-0.15, -0.1) is 0 Å². The first kappa shape index (κ1) is 33.1. The van der Waals surface area contributed by atoms with E-state index in [1.165, 1.54) is 6.08 Å². The summed E-state index contributed by atoms with van der Waals surface area (Å²) in [6.07, 6.45) is 5.92. The maximum absolute atomic E-state index is 14.2. The van der Waals surface area contributed by atoms with Gasteiger partial charge in [0.2, 0.25) is 0 Å². The molecule has 39 heavy (non-hydrogen) atoms. The Morgan fingerprint density at radius 2 is 1.51 bits per heavy atom. The van der Waals surface area contributed by atoms with Crippen molar-refractivity contribution in [1.29, 1.82) is 0 Å². The van der Waals surface area contributed by atoms with Gasteiger partial charge in [-0.3, -0.25) is 4.79 Å². The van der Waals surface area contributed by atoms with Gasteiger partial charge in [-0.1, -0.05) is 27.7 Å². The van der Waals surface area contributed by atoms with E-state index in [2.05, 4.69) is 16.0 Å². The smallest absolute Gasteiger partial charge is 0 e. The molecule has 1 radical (unpaired) electrons. The van der Waals surface area contributed by atoms with Gasteiger partial charge in [-0.2, -0.15) is 0 Å². The van der Waals surface area contributed by atoms with Crippen molar-refractivity contribution in [2.45, 2.75) is 53.4 Å². The molecule has 0 spiro atoms. The number of aliphatic hydroxyl groups is 1. The summed E-state index contributed by atoms with van der Waals surface area (Å²) in [7, 11) is 0. The summed E-state index contributed by atoms with van der Waals surface area (Å²) in [4.78, 5) is 19.3. The molecule has 0 aliphatic heterocycles. The number of carbonyl (C=O) groups excluding carboxylic acids is 1. The number of aliphatic hydroxyl groups excluding tert-OH is 1. The molecule has 4 nitrogen and oxygen atoms in total. The summed E-state index contributed by atoms with van der Waals surface area (Å²) >= 11 is -0.931. The van der Waals surface area contributed by atoms with E-state index >= 15 is 0 Å². The summed E-state index contributed by atoms with van der Waals surface area (Å²) in [6.45, 7) is 8.07. The van der Waals surface area contributed by atoms with E-state index in [1.807, 2.05) is 52.0 Å². The first-order valence-electron chi connectivity index (χ1n) is 12.5. The van der Waals surface area contributed by atoms with Crippen LogP contribution in [0, 0.1) is 41.2 Å². The van der Waals surface area contributed by atoms with Gasteiger partial charge in [0.15, 0.2) is 5.78 Å². The van der Waals surface area contributed by atoms with Crippen LogP contribution in [-0.4, -0.2) is 41.3 Å². The van der Waals surface area contributed by atoms with Crippen LogP contribution in [-0.2, 0) is 24.9 Å². The maximum atomic E-state index is 14.2. The molecule has 0 atom stereocenters. The fraction of sp³-hybridized carbons (Fsp3) is 0.345. The number of halogens is 4. The molecule has 2 aromatic heterocycles. The number of hydrogen-bond acceptors (Lipinski definition) is 4. The zero-order chi connectivity index (χ0) is 28.0. The Morgan fingerprint density at radius 3 is 2.10 bits per heavy atom. The van der Waals surface area contributed by atoms with Gasteiger partial charge in [0.05, 0.1) is 5.76 Å². The largest absolute Gasteiger partial charge is 0 e. The minimum atomic E-state index is -1.87. The normalized spacial score (nSPS) is 11.6. The molecule has 0 aliphatic rings. The number of nitrogens with zero attached hydrogens (tertiary/aromatic N) is 2. The standard InChI is InChI=1S/C16H5F4N2Te.C13H24O2.Ir/c17-11-10-15(9-5-7-3-1-2-4-8(7)23-9)21-6-22-16(10)14(20)13(19)12(11)18;1-5-10(6-2)12(14)9-13(15)11(7-3)8-4;/h1-4,6H;9-11,14H,5-8H2,1-4H3;/q-1;;/b;12-9-;. The van der Waals surface area contributed by atoms with Gasteiger partial charge in [0, 0.05) is 38.0 Å². The number of aromatic nitrogens is 2. The molecule has 0 unspecified atom stereocenters. The van der Waals surface area contributed by atoms with Crippen LogP contribution in [0.3, 0.4) is 0 Å². The molecule has 0 fully saturated rings. The molecule has 0 saturated carbocycles. The molecule has 0 saturated heterocycles. The molecule has 2 aromatic carbocycles. The number of hydrogen-bond donors (Lipinski definition) is 1. The van der Waals surface area contributed by atoms with Crippen LogP contribution in [0.15, 0.2) is 42.4 Å². The van der Waals surface area contributed by atoms with Crippen molar-refractivity contribution in [3.05, 3.63) is 71.8 Å². The van der Waals surface area contributed by atoms with Crippen LogP contribution in [0.1, 0.15) is 53.4 Å². The maximum Gasteiger partial charge on any atom is 0 e. The summed E-state index contributed by atoms with van der Waals surface area (Å²) < 4.78 is 56.7. The van der Waals surface area contributed by atoms with Crippen molar-refractivity contribution in [3.8, 4) is 9.27 Å². The Morgan fingerprint density at radius 1 is 0.923 bits per heavy atom. The molecule has 0 bridgehead atoms. The average molecular weight is 833 g/mol. The fourth-order valence-corrected chi connectivity index (χ4v) is 7.02. The quantitative estimate of drug-likeness (QED) is 0.0376. The Hall–Kier alpha value is -2.11. The molecular formula is C29H29F4IrN2O2Te-. The van der Waals surface area contributed by atoms with Crippen molar-refractivity contribution >= 4 is 45.9 Å². The Kier molecular flexibility index (Phi) is 12.8. The van der Waals surface area contributed by atoms with E-state index < -0.39 is 54.6 Å². The van der Waals surface area contributed by atoms with Gasteiger partial charge in [-0.05, 0) is 25.7 Å². The van der Waals surface area contributed by atoms with E-state index in [4.69, 9.17) is 0 Å². The molecule has 4 aromatic rings. The third-order valence-corrected chi connectivity index (χ3v) is 9.57. The molecule has 211 valence electrons. The number of benzene rings is 2. The van der Waals surface area contributed by atoms with Crippen molar-refractivity contribution < 1.29 is 47.6 Å². The van der Waals surface area contributed by atoms with Crippen LogP contribution in [0.4, 0.5) is 17.6 Å². The molecule has 2 heterocycles. The van der Waals surface area contributed by atoms with Gasteiger partial charge < -0.3 is 5.11 Å². The summed E-state index contributed by atoms with van der Waals surface area (Å²) in [6, 6.07) is 10.6. The number of carbonyl (C=O) groups is 1. The van der Waals surface area contributed by atoms with E-state index in [0.717, 1.165) is 40.8 Å². The molecule has 0 amide bonds. The Labute approximate surface area is 248 Å². The first-order chi connectivity index (χ1) is 18.2. The Balaban J connectivity index is 0.000000294. The monoisotopic (exact) mass is 836 g/mol. The molecule has 0 aliphatic carbocycles. The number of ketones is 1. The zero-order valence-electron chi connectivity index (χ0n) is 22.0. The van der Waals surface area contributed by atoms with Crippen LogP contribution in [0.25, 0.3) is 29.0 Å². The van der Waals surface area contributed by atoms with E-state index in [-0.39, 0.29) is 49.2 Å². The van der Waals surface area contributed by atoms with Gasteiger partial charge >= 0.3 is 137 Å². The second-order valence-corrected chi connectivity index (χ2v) is 11.8. The molecule has 10 heteroatoms. The van der Waals surface area contributed by atoms with Gasteiger partial charge in [0.1, 0.15) is 0 Å². The van der Waals surface area contributed by atoms with Crippen LogP contribution < -0.4 is 0 Å². The van der Waals surface area contributed by atoms with Crippen molar-refractivity contribution in [1.82, 2.24) is 9.97 Å². The zero-order valence-corrected chi connectivity index (χ0v) is 26.7. The number of rotatable bonds is 8. The minimum absolute atomic E-state index is 0. The summed E-state index contributed by atoms with van der Waals surface area (Å²) in [5.74, 6) is -6.18. The van der Waals surface area contributed by atoms with Crippen molar-refractivity contribution in [2.24, 2.45) is 11.8 Å². The molecule has 1 N–H and O–H groups in total. The topological polar surface area (TPSA) is 63.1 Å². The molecular weight excluding hydrogens is 804 g/mol.